The van der Waals surface area contributed by atoms with Gasteiger partial charge < -0.3 is 5.73 Å². The molecule has 82 valence electrons. The van der Waals surface area contributed by atoms with Crippen LogP contribution in [-0.4, -0.2) is 6.04 Å². The Morgan fingerprint density at radius 3 is 2.07 bits per heavy atom. The van der Waals surface area contributed by atoms with Gasteiger partial charge >= 0.3 is 0 Å². The zero-order valence-corrected chi connectivity index (χ0v) is 9.43. The van der Waals surface area contributed by atoms with E-state index in [1.807, 2.05) is 0 Å². The summed E-state index contributed by atoms with van der Waals surface area (Å²) >= 11 is 0. The third kappa shape index (κ3) is 2.50. The normalized spacial score (nSPS) is 33.6. The summed E-state index contributed by atoms with van der Waals surface area (Å²) in [6, 6.07) is 0.512. The summed E-state index contributed by atoms with van der Waals surface area (Å²) in [6.07, 6.45) is 15.8. The van der Waals surface area contributed by atoms with Crippen LogP contribution in [0, 0.1) is 5.41 Å². The van der Waals surface area contributed by atoms with Crippen LogP contribution in [0.1, 0.15) is 70.6 Å². The number of hydrogen-bond acceptors (Lipinski definition) is 1. The van der Waals surface area contributed by atoms with Gasteiger partial charge in [-0.2, -0.15) is 0 Å². The average Bonchev–Trinajstić information content (AvgIpc) is 2.50. The summed E-state index contributed by atoms with van der Waals surface area (Å²) in [7, 11) is 0. The van der Waals surface area contributed by atoms with E-state index in [4.69, 9.17) is 5.73 Å². The largest absolute Gasteiger partial charge is 0.328 e. The van der Waals surface area contributed by atoms with Gasteiger partial charge in [0.05, 0.1) is 0 Å². The summed E-state index contributed by atoms with van der Waals surface area (Å²) in [5.74, 6) is 0. The smallest absolute Gasteiger partial charge is 0.00390 e. The molecule has 1 atom stereocenters. The van der Waals surface area contributed by atoms with Crippen molar-refractivity contribution in [2.75, 3.05) is 0 Å². The molecule has 0 aromatic heterocycles. The Bertz CT molecular complexity index is 168. The summed E-state index contributed by atoms with van der Waals surface area (Å²) in [5.41, 5.74) is 6.79. The van der Waals surface area contributed by atoms with Crippen LogP contribution in [-0.2, 0) is 0 Å². The highest BCUT2D eigenvalue weighted by Crippen LogP contribution is 2.45. The minimum absolute atomic E-state index is 0.512. The topological polar surface area (TPSA) is 26.0 Å². The van der Waals surface area contributed by atoms with Gasteiger partial charge in [-0.3, -0.25) is 0 Å². The third-order valence-corrected chi connectivity index (χ3v) is 4.49. The molecule has 2 rings (SSSR count). The molecule has 0 amide bonds. The lowest BCUT2D eigenvalue weighted by Crippen LogP contribution is -2.21. The highest BCUT2D eigenvalue weighted by Gasteiger charge is 2.32. The highest BCUT2D eigenvalue weighted by atomic mass is 14.6. The van der Waals surface area contributed by atoms with Crippen LogP contribution in [0.4, 0.5) is 0 Å². The molecule has 0 heterocycles. The second-order valence-corrected chi connectivity index (χ2v) is 5.61. The van der Waals surface area contributed by atoms with Crippen LogP contribution in [0.2, 0.25) is 0 Å². The van der Waals surface area contributed by atoms with E-state index in [0.717, 1.165) is 5.41 Å². The Balaban J connectivity index is 1.97. The van der Waals surface area contributed by atoms with Crippen molar-refractivity contribution in [2.45, 2.75) is 76.7 Å². The fourth-order valence-electron chi connectivity index (χ4n) is 3.48. The molecule has 0 radical (unpaired) electrons. The monoisotopic (exact) mass is 195 g/mol. The van der Waals surface area contributed by atoms with Gasteiger partial charge in [0.2, 0.25) is 0 Å². The van der Waals surface area contributed by atoms with Gasteiger partial charge in [0, 0.05) is 6.04 Å². The van der Waals surface area contributed by atoms with Crippen molar-refractivity contribution < 1.29 is 0 Å². The second-order valence-electron chi connectivity index (χ2n) is 5.61. The Morgan fingerprint density at radius 2 is 1.36 bits per heavy atom. The highest BCUT2D eigenvalue weighted by molar-refractivity contribution is 4.86. The van der Waals surface area contributed by atoms with Crippen molar-refractivity contribution in [1.29, 1.82) is 0 Å². The molecule has 2 N–H and O–H groups in total. The van der Waals surface area contributed by atoms with E-state index in [2.05, 4.69) is 0 Å². The number of hydrogen-bond donors (Lipinski definition) is 1. The minimum atomic E-state index is 0.512. The first-order valence-corrected chi connectivity index (χ1v) is 6.56. The summed E-state index contributed by atoms with van der Waals surface area (Å²) < 4.78 is 0. The van der Waals surface area contributed by atoms with Crippen molar-refractivity contribution >= 4 is 0 Å². The second kappa shape index (κ2) is 4.65. The molecule has 1 unspecified atom stereocenters. The molecule has 2 aliphatic rings. The van der Waals surface area contributed by atoms with Crippen LogP contribution < -0.4 is 5.73 Å². The molecule has 2 aliphatic carbocycles. The molecule has 0 bridgehead atoms. The van der Waals surface area contributed by atoms with Crippen LogP contribution in [0.25, 0.3) is 0 Å². The number of nitrogens with two attached hydrogens (primary N) is 1. The molecule has 1 nitrogen and oxygen atoms in total. The molecule has 1 spiro atoms. The third-order valence-electron chi connectivity index (χ3n) is 4.49. The van der Waals surface area contributed by atoms with Gasteiger partial charge in [-0.05, 0) is 43.9 Å². The van der Waals surface area contributed by atoms with Crippen LogP contribution in [0.3, 0.4) is 0 Å². The predicted octanol–water partition coefficient (Wildman–Crippen LogP) is 3.62. The Labute approximate surface area is 88.4 Å². The van der Waals surface area contributed by atoms with Gasteiger partial charge in [0.25, 0.3) is 0 Å². The van der Waals surface area contributed by atoms with Gasteiger partial charge in [-0.25, -0.2) is 0 Å². The fraction of sp³-hybridized carbons (Fsp3) is 1.00. The van der Waals surface area contributed by atoms with E-state index in [1.165, 1.54) is 70.6 Å². The van der Waals surface area contributed by atoms with E-state index >= 15 is 0 Å². The first-order chi connectivity index (χ1) is 6.81. The van der Waals surface area contributed by atoms with Crippen molar-refractivity contribution in [2.24, 2.45) is 11.1 Å². The predicted molar refractivity (Wildman–Crippen MR) is 61.2 cm³/mol. The van der Waals surface area contributed by atoms with Crippen molar-refractivity contribution in [1.82, 2.24) is 0 Å². The zero-order valence-electron chi connectivity index (χ0n) is 9.43. The first kappa shape index (κ1) is 10.5. The van der Waals surface area contributed by atoms with E-state index < -0.39 is 0 Å². The Kier molecular flexibility index (Phi) is 3.48. The Morgan fingerprint density at radius 1 is 0.714 bits per heavy atom. The van der Waals surface area contributed by atoms with Crippen LogP contribution in [0.5, 0.6) is 0 Å². The van der Waals surface area contributed by atoms with Gasteiger partial charge in [-0.15, -0.1) is 0 Å². The lowest BCUT2D eigenvalue weighted by Gasteiger charge is -2.31. The van der Waals surface area contributed by atoms with Gasteiger partial charge in [0.15, 0.2) is 0 Å². The molecule has 0 aliphatic heterocycles. The molecule has 0 aromatic rings. The first-order valence-electron chi connectivity index (χ1n) is 6.56. The van der Waals surface area contributed by atoms with Crippen molar-refractivity contribution in [3.8, 4) is 0 Å². The molecule has 1 heteroatoms. The van der Waals surface area contributed by atoms with Crippen molar-refractivity contribution in [3.63, 3.8) is 0 Å². The van der Waals surface area contributed by atoms with E-state index in [1.54, 1.807) is 0 Å². The SMILES string of the molecule is NC1CCCC2(CCCCCC2)CC1. The van der Waals surface area contributed by atoms with Crippen LogP contribution >= 0.6 is 0 Å². The summed E-state index contributed by atoms with van der Waals surface area (Å²) in [5, 5.41) is 0. The molecule has 2 saturated carbocycles. The zero-order chi connectivity index (χ0) is 9.86. The molecular formula is C13H25N. The fourth-order valence-corrected chi connectivity index (χ4v) is 3.48. The molecule has 2 fully saturated rings. The van der Waals surface area contributed by atoms with Gasteiger partial charge in [0.1, 0.15) is 0 Å². The van der Waals surface area contributed by atoms with Crippen LogP contribution in [0.15, 0.2) is 0 Å². The lowest BCUT2D eigenvalue weighted by molar-refractivity contribution is 0.206. The van der Waals surface area contributed by atoms with E-state index in [-0.39, 0.29) is 0 Å². The maximum absolute atomic E-state index is 6.06. The average molecular weight is 195 g/mol. The Hall–Kier alpha value is -0.0400. The molecule has 14 heavy (non-hydrogen) atoms. The van der Waals surface area contributed by atoms with E-state index in [9.17, 15) is 0 Å². The van der Waals surface area contributed by atoms with Gasteiger partial charge in [-0.1, -0.05) is 32.1 Å². The number of rotatable bonds is 0. The summed E-state index contributed by atoms with van der Waals surface area (Å²) in [6.45, 7) is 0. The molecule has 0 aromatic carbocycles. The van der Waals surface area contributed by atoms with Crippen molar-refractivity contribution in [3.05, 3.63) is 0 Å². The maximum atomic E-state index is 6.06. The quantitative estimate of drug-likeness (QED) is 0.627. The minimum Gasteiger partial charge on any atom is -0.328 e. The lowest BCUT2D eigenvalue weighted by atomic mass is 9.74. The molecular weight excluding hydrogens is 170 g/mol. The molecule has 0 saturated heterocycles. The summed E-state index contributed by atoms with van der Waals surface area (Å²) in [4.78, 5) is 0. The maximum Gasteiger partial charge on any atom is 0.00390 e. The van der Waals surface area contributed by atoms with E-state index in [0.29, 0.717) is 6.04 Å². The standard InChI is InChI=1S/C13H25N/c14-12-6-5-10-13(11-7-12)8-3-1-2-4-9-13/h12H,1-11,14H2.